The number of rotatable bonds is 0. The fourth-order valence-corrected chi connectivity index (χ4v) is 3.04. The summed E-state index contributed by atoms with van der Waals surface area (Å²) in [7, 11) is 0. The number of fused-ring (bicyclic) bond motifs is 1. The summed E-state index contributed by atoms with van der Waals surface area (Å²) in [6.07, 6.45) is -0.263. The summed E-state index contributed by atoms with van der Waals surface area (Å²) in [5.74, 6) is 0.869. The largest absolute Gasteiger partial charge is 0.444 e. The Balaban J connectivity index is 2.15. The molecule has 1 aromatic rings. The number of benzene rings is 1. The van der Waals surface area contributed by atoms with Crippen molar-refractivity contribution < 1.29 is 9.53 Å². The molecule has 1 aliphatic heterocycles. The molecule has 0 fully saturated rings. The number of nitrogens with zero attached hydrogens (tertiary/aromatic N) is 1. The summed E-state index contributed by atoms with van der Waals surface area (Å²) in [5, 5.41) is 0.699. The number of amides is 1. The molecule has 0 unspecified atom stereocenters. The molecule has 1 heterocycles. The predicted molar refractivity (Wildman–Crippen MR) is 78.8 cm³/mol. The standard InChI is InChI=1S/C14H18ClNO2S/c1-14(2,3)18-13(17)16-6-7-19-12-5-4-11(15)8-10(12)9-16/h4-5,8H,6-7,9H2,1-3H3. The molecule has 0 aliphatic carbocycles. The fourth-order valence-electron chi connectivity index (χ4n) is 1.85. The zero-order valence-corrected chi connectivity index (χ0v) is 13.0. The van der Waals surface area contributed by atoms with Gasteiger partial charge in [-0.1, -0.05) is 11.6 Å². The van der Waals surface area contributed by atoms with Gasteiger partial charge in [-0.25, -0.2) is 4.79 Å². The highest BCUT2D eigenvalue weighted by atomic mass is 35.5. The Hall–Kier alpha value is -0.870. The molecular formula is C14H18ClNO2S. The minimum absolute atomic E-state index is 0.263. The highest BCUT2D eigenvalue weighted by molar-refractivity contribution is 7.99. The number of hydrogen-bond acceptors (Lipinski definition) is 3. The SMILES string of the molecule is CC(C)(C)OC(=O)N1CCSc2ccc(Cl)cc2C1. The van der Waals surface area contributed by atoms with E-state index < -0.39 is 5.60 Å². The number of carbonyl (C=O) groups excluding carboxylic acids is 1. The highest BCUT2D eigenvalue weighted by Gasteiger charge is 2.24. The minimum Gasteiger partial charge on any atom is -0.444 e. The van der Waals surface area contributed by atoms with E-state index in [1.54, 1.807) is 16.7 Å². The second kappa shape index (κ2) is 5.63. The second-order valence-electron chi connectivity index (χ2n) is 5.50. The molecule has 19 heavy (non-hydrogen) atoms. The van der Waals surface area contributed by atoms with Crippen LogP contribution in [0.5, 0.6) is 0 Å². The zero-order valence-electron chi connectivity index (χ0n) is 11.4. The molecule has 1 aromatic carbocycles. The average Bonchev–Trinajstić information content (AvgIpc) is 2.48. The van der Waals surface area contributed by atoms with Crippen LogP contribution in [0.1, 0.15) is 26.3 Å². The van der Waals surface area contributed by atoms with E-state index >= 15 is 0 Å². The lowest BCUT2D eigenvalue weighted by Crippen LogP contribution is -2.37. The van der Waals surface area contributed by atoms with Crippen LogP contribution in [-0.4, -0.2) is 28.9 Å². The van der Waals surface area contributed by atoms with Gasteiger partial charge in [0.2, 0.25) is 0 Å². The van der Waals surface area contributed by atoms with Crippen molar-refractivity contribution in [2.24, 2.45) is 0 Å². The summed E-state index contributed by atoms with van der Waals surface area (Å²) in [4.78, 5) is 15.0. The molecule has 2 rings (SSSR count). The third kappa shape index (κ3) is 4.05. The van der Waals surface area contributed by atoms with Crippen molar-refractivity contribution in [2.75, 3.05) is 12.3 Å². The zero-order chi connectivity index (χ0) is 14.0. The minimum atomic E-state index is -0.465. The maximum Gasteiger partial charge on any atom is 0.410 e. The number of hydrogen-bond donors (Lipinski definition) is 0. The van der Waals surface area contributed by atoms with Crippen molar-refractivity contribution in [1.82, 2.24) is 4.90 Å². The molecule has 5 heteroatoms. The van der Waals surface area contributed by atoms with Crippen LogP contribution in [0.2, 0.25) is 5.02 Å². The quantitative estimate of drug-likeness (QED) is 0.719. The van der Waals surface area contributed by atoms with Crippen molar-refractivity contribution in [3.8, 4) is 0 Å². The molecule has 0 saturated carbocycles. The fraction of sp³-hybridized carbons (Fsp3) is 0.500. The van der Waals surface area contributed by atoms with Gasteiger partial charge in [0.05, 0.1) is 6.54 Å². The van der Waals surface area contributed by atoms with Gasteiger partial charge in [-0.05, 0) is 44.5 Å². The first-order valence-electron chi connectivity index (χ1n) is 6.24. The maximum atomic E-state index is 12.1. The van der Waals surface area contributed by atoms with E-state index in [-0.39, 0.29) is 6.09 Å². The van der Waals surface area contributed by atoms with Gasteiger partial charge in [0.1, 0.15) is 5.60 Å². The molecule has 1 amide bonds. The van der Waals surface area contributed by atoms with Crippen LogP contribution in [0.3, 0.4) is 0 Å². The summed E-state index contributed by atoms with van der Waals surface area (Å²) in [6, 6.07) is 5.82. The predicted octanol–water partition coefficient (Wildman–Crippen LogP) is 4.18. The van der Waals surface area contributed by atoms with Crippen LogP contribution in [-0.2, 0) is 11.3 Å². The van der Waals surface area contributed by atoms with Crippen LogP contribution < -0.4 is 0 Å². The van der Waals surface area contributed by atoms with Crippen molar-refractivity contribution >= 4 is 29.5 Å². The third-order valence-electron chi connectivity index (χ3n) is 2.65. The molecular weight excluding hydrogens is 282 g/mol. The van der Waals surface area contributed by atoms with E-state index in [1.165, 1.54) is 4.90 Å². The third-order valence-corrected chi connectivity index (χ3v) is 3.99. The van der Waals surface area contributed by atoms with Crippen LogP contribution in [0, 0.1) is 0 Å². The Labute approximate surface area is 123 Å². The van der Waals surface area contributed by atoms with Gasteiger partial charge in [0.15, 0.2) is 0 Å². The topological polar surface area (TPSA) is 29.5 Å². The number of ether oxygens (including phenoxy) is 1. The molecule has 0 atom stereocenters. The Morgan fingerprint density at radius 1 is 1.42 bits per heavy atom. The molecule has 0 spiro atoms. The van der Waals surface area contributed by atoms with Gasteiger partial charge >= 0.3 is 6.09 Å². The molecule has 0 radical (unpaired) electrons. The van der Waals surface area contributed by atoms with Crippen LogP contribution in [0.15, 0.2) is 23.1 Å². The lowest BCUT2D eigenvalue weighted by Gasteiger charge is -2.26. The van der Waals surface area contributed by atoms with Crippen molar-refractivity contribution in [2.45, 2.75) is 37.8 Å². The Morgan fingerprint density at radius 2 is 2.16 bits per heavy atom. The van der Waals surface area contributed by atoms with E-state index in [4.69, 9.17) is 16.3 Å². The summed E-state index contributed by atoms with van der Waals surface area (Å²) in [6.45, 7) is 6.87. The summed E-state index contributed by atoms with van der Waals surface area (Å²) < 4.78 is 5.42. The number of carbonyl (C=O) groups is 1. The normalized spacial score (nSPS) is 15.7. The van der Waals surface area contributed by atoms with Crippen LogP contribution in [0.4, 0.5) is 4.79 Å². The highest BCUT2D eigenvalue weighted by Crippen LogP contribution is 2.30. The van der Waals surface area contributed by atoms with Crippen LogP contribution in [0.25, 0.3) is 0 Å². The summed E-state index contributed by atoms with van der Waals surface area (Å²) >= 11 is 7.77. The van der Waals surface area contributed by atoms with Gasteiger partial charge in [0, 0.05) is 22.2 Å². The van der Waals surface area contributed by atoms with E-state index in [0.717, 1.165) is 11.3 Å². The van der Waals surface area contributed by atoms with Gasteiger partial charge in [-0.3, -0.25) is 0 Å². The monoisotopic (exact) mass is 299 g/mol. The average molecular weight is 300 g/mol. The Kier molecular flexibility index (Phi) is 4.31. The van der Waals surface area contributed by atoms with Gasteiger partial charge < -0.3 is 9.64 Å². The van der Waals surface area contributed by atoms with Crippen LogP contribution >= 0.6 is 23.4 Å². The maximum absolute atomic E-state index is 12.1. The van der Waals surface area contributed by atoms with E-state index in [9.17, 15) is 4.79 Å². The first-order valence-corrected chi connectivity index (χ1v) is 7.61. The van der Waals surface area contributed by atoms with E-state index in [0.29, 0.717) is 18.1 Å². The molecule has 0 bridgehead atoms. The Bertz CT molecular complexity index is 485. The lowest BCUT2D eigenvalue weighted by molar-refractivity contribution is 0.0247. The van der Waals surface area contributed by atoms with Crippen molar-refractivity contribution in [3.63, 3.8) is 0 Å². The number of thioether (sulfide) groups is 1. The first kappa shape index (κ1) is 14.5. The number of halogens is 1. The van der Waals surface area contributed by atoms with E-state index in [1.807, 2.05) is 39.0 Å². The van der Waals surface area contributed by atoms with Gasteiger partial charge in [-0.15, -0.1) is 11.8 Å². The molecule has 1 aliphatic rings. The lowest BCUT2D eigenvalue weighted by atomic mass is 10.2. The molecule has 104 valence electrons. The van der Waals surface area contributed by atoms with Gasteiger partial charge in [0.25, 0.3) is 0 Å². The molecule has 3 nitrogen and oxygen atoms in total. The van der Waals surface area contributed by atoms with Gasteiger partial charge in [-0.2, -0.15) is 0 Å². The first-order chi connectivity index (χ1) is 8.85. The molecule has 0 saturated heterocycles. The van der Waals surface area contributed by atoms with E-state index in [2.05, 4.69) is 0 Å². The smallest absolute Gasteiger partial charge is 0.410 e. The second-order valence-corrected chi connectivity index (χ2v) is 7.08. The van der Waals surface area contributed by atoms with Crippen molar-refractivity contribution in [3.05, 3.63) is 28.8 Å². The molecule has 0 N–H and O–H groups in total. The molecule has 0 aromatic heterocycles. The Morgan fingerprint density at radius 3 is 2.84 bits per heavy atom. The summed E-state index contributed by atoms with van der Waals surface area (Å²) in [5.41, 5.74) is 0.620. The van der Waals surface area contributed by atoms with Crippen molar-refractivity contribution in [1.29, 1.82) is 0 Å².